The summed E-state index contributed by atoms with van der Waals surface area (Å²) >= 11 is 0. The highest BCUT2D eigenvalue weighted by atomic mass is 16.1. The van der Waals surface area contributed by atoms with Crippen LogP contribution in [0.1, 0.15) is 15.9 Å². The lowest BCUT2D eigenvalue weighted by atomic mass is 10.0. The lowest BCUT2D eigenvalue weighted by Gasteiger charge is -2.18. The molecule has 2 aromatic rings. The summed E-state index contributed by atoms with van der Waals surface area (Å²) in [4.78, 5) is 16.9. The minimum absolute atomic E-state index is 0.0793. The van der Waals surface area contributed by atoms with E-state index in [4.69, 9.17) is 0 Å². The zero-order valence-electron chi connectivity index (χ0n) is 11.6. The van der Waals surface area contributed by atoms with Gasteiger partial charge in [-0.05, 0) is 31.3 Å². The molecule has 0 unspecified atom stereocenters. The molecule has 0 spiro atoms. The minimum atomic E-state index is 0.0793. The lowest BCUT2D eigenvalue weighted by Crippen LogP contribution is -2.22. The van der Waals surface area contributed by atoms with E-state index < -0.39 is 0 Å². The van der Waals surface area contributed by atoms with Gasteiger partial charge in [-0.15, -0.1) is 0 Å². The SMILES string of the molecule is CN1CCN(c2ccc(C(=O)c3ccccc3)cc2)C1. The standard InChI is InChI=1S/C17H18N2O/c1-18-11-12-19(13-18)16-9-7-15(8-10-16)17(20)14-5-3-2-4-6-14/h2-10H,11-13H2,1H3. The van der Waals surface area contributed by atoms with Crippen LogP contribution < -0.4 is 4.90 Å². The molecule has 0 N–H and O–H groups in total. The van der Waals surface area contributed by atoms with Gasteiger partial charge in [0.2, 0.25) is 0 Å². The van der Waals surface area contributed by atoms with Gasteiger partial charge in [-0.2, -0.15) is 0 Å². The van der Waals surface area contributed by atoms with Gasteiger partial charge in [-0.1, -0.05) is 30.3 Å². The number of nitrogens with zero attached hydrogens (tertiary/aromatic N) is 2. The smallest absolute Gasteiger partial charge is 0.193 e. The number of carbonyl (C=O) groups excluding carboxylic acids is 1. The van der Waals surface area contributed by atoms with E-state index in [9.17, 15) is 4.79 Å². The lowest BCUT2D eigenvalue weighted by molar-refractivity contribution is 0.103. The van der Waals surface area contributed by atoms with Crippen molar-refractivity contribution < 1.29 is 4.79 Å². The summed E-state index contributed by atoms with van der Waals surface area (Å²) in [5.74, 6) is 0.0793. The van der Waals surface area contributed by atoms with Crippen molar-refractivity contribution in [1.29, 1.82) is 0 Å². The molecule has 102 valence electrons. The van der Waals surface area contributed by atoms with Crippen LogP contribution in [0.2, 0.25) is 0 Å². The number of ketones is 1. The fourth-order valence-corrected chi connectivity index (χ4v) is 2.51. The zero-order valence-corrected chi connectivity index (χ0v) is 11.6. The molecule has 0 atom stereocenters. The molecule has 0 aromatic heterocycles. The summed E-state index contributed by atoms with van der Waals surface area (Å²) in [5.41, 5.74) is 2.66. The van der Waals surface area contributed by atoms with Gasteiger partial charge >= 0.3 is 0 Å². The Kier molecular flexibility index (Phi) is 3.52. The first-order valence-electron chi connectivity index (χ1n) is 6.87. The molecule has 0 radical (unpaired) electrons. The largest absolute Gasteiger partial charge is 0.357 e. The van der Waals surface area contributed by atoms with Crippen LogP contribution >= 0.6 is 0 Å². The van der Waals surface area contributed by atoms with Crippen LogP contribution in [0.25, 0.3) is 0 Å². The third kappa shape index (κ3) is 2.58. The quantitative estimate of drug-likeness (QED) is 0.798. The number of hydrogen-bond acceptors (Lipinski definition) is 3. The summed E-state index contributed by atoms with van der Waals surface area (Å²) in [5, 5.41) is 0. The summed E-state index contributed by atoms with van der Waals surface area (Å²) < 4.78 is 0. The van der Waals surface area contributed by atoms with Gasteiger partial charge in [0.15, 0.2) is 5.78 Å². The minimum Gasteiger partial charge on any atom is -0.357 e. The van der Waals surface area contributed by atoms with Crippen molar-refractivity contribution in [3.05, 3.63) is 65.7 Å². The second kappa shape index (κ2) is 5.47. The van der Waals surface area contributed by atoms with Crippen LogP contribution in [-0.4, -0.2) is 37.5 Å². The van der Waals surface area contributed by atoms with E-state index in [2.05, 4.69) is 16.8 Å². The third-order valence-electron chi connectivity index (χ3n) is 3.69. The van der Waals surface area contributed by atoms with Crippen LogP contribution in [0.4, 0.5) is 5.69 Å². The Hall–Kier alpha value is -2.13. The molecule has 3 heteroatoms. The molecule has 1 saturated heterocycles. The van der Waals surface area contributed by atoms with Gasteiger partial charge in [-0.25, -0.2) is 0 Å². The topological polar surface area (TPSA) is 23.6 Å². The molecular weight excluding hydrogens is 248 g/mol. The molecule has 0 amide bonds. The van der Waals surface area contributed by atoms with Crippen LogP contribution in [0.3, 0.4) is 0 Å². The van der Waals surface area contributed by atoms with Gasteiger partial charge in [0.25, 0.3) is 0 Å². The first-order chi connectivity index (χ1) is 9.74. The van der Waals surface area contributed by atoms with E-state index in [1.807, 2.05) is 54.6 Å². The normalized spacial score (nSPS) is 15.6. The molecule has 1 aliphatic rings. The molecule has 2 aromatic carbocycles. The number of benzene rings is 2. The summed E-state index contributed by atoms with van der Waals surface area (Å²) in [6.07, 6.45) is 0. The molecule has 0 aliphatic carbocycles. The van der Waals surface area contributed by atoms with Crippen molar-refractivity contribution in [2.24, 2.45) is 0 Å². The predicted molar refractivity (Wildman–Crippen MR) is 81.2 cm³/mol. The highest BCUT2D eigenvalue weighted by molar-refractivity contribution is 6.09. The maximum Gasteiger partial charge on any atom is 0.193 e. The number of likely N-dealkylation sites (N-methyl/N-ethyl adjacent to an activating group) is 1. The molecule has 20 heavy (non-hydrogen) atoms. The van der Waals surface area contributed by atoms with E-state index in [1.165, 1.54) is 5.69 Å². The number of rotatable bonds is 3. The zero-order chi connectivity index (χ0) is 13.9. The van der Waals surface area contributed by atoms with E-state index in [0.717, 1.165) is 30.9 Å². The molecule has 1 heterocycles. The van der Waals surface area contributed by atoms with Gasteiger partial charge in [0, 0.05) is 29.9 Å². The van der Waals surface area contributed by atoms with Crippen molar-refractivity contribution in [2.45, 2.75) is 0 Å². The van der Waals surface area contributed by atoms with Crippen LogP contribution in [0.15, 0.2) is 54.6 Å². The molecular formula is C17H18N2O. The van der Waals surface area contributed by atoms with Crippen molar-refractivity contribution >= 4 is 11.5 Å². The molecule has 0 saturated carbocycles. The molecule has 3 rings (SSSR count). The summed E-state index contributed by atoms with van der Waals surface area (Å²) in [6.45, 7) is 3.08. The van der Waals surface area contributed by atoms with Gasteiger partial charge in [0.1, 0.15) is 0 Å². The maximum absolute atomic E-state index is 12.3. The Labute approximate surface area is 119 Å². The Bertz CT molecular complexity index is 592. The number of carbonyl (C=O) groups is 1. The number of anilines is 1. The highest BCUT2D eigenvalue weighted by Gasteiger charge is 2.17. The van der Waals surface area contributed by atoms with Crippen molar-refractivity contribution in [1.82, 2.24) is 4.90 Å². The van der Waals surface area contributed by atoms with E-state index in [0.29, 0.717) is 0 Å². The predicted octanol–water partition coefficient (Wildman–Crippen LogP) is 2.63. The van der Waals surface area contributed by atoms with Crippen molar-refractivity contribution in [2.75, 3.05) is 31.7 Å². The highest BCUT2D eigenvalue weighted by Crippen LogP contribution is 2.19. The number of hydrogen-bond donors (Lipinski definition) is 0. The van der Waals surface area contributed by atoms with Crippen LogP contribution in [0, 0.1) is 0 Å². The fraction of sp³-hybridized carbons (Fsp3) is 0.235. The second-order valence-electron chi connectivity index (χ2n) is 5.23. The Morgan fingerprint density at radius 3 is 2.15 bits per heavy atom. The third-order valence-corrected chi connectivity index (χ3v) is 3.69. The summed E-state index contributed by atoms with van der Waals surface area (Å²) in [7, 11) is 2.12. The first kappa shape index (κ1) is 12.9. The van der Waals surface area contributed by atoms with Crippen molar-refractivity contribution in [3.8, 4) is 0 Å². The Morgan fingerprint density at radius 1 is 0.900 bits per heavy atom. The second-order valence-corrected chi connectivity index (χ2v) is 5.23. The monoisotopic (exact) mass is 266 g/mol. The van der Waals surface area contributed by atoms with Crippen LogP contribution in [-0.2, 0) is 0 Å². The fourth-order valence-electron chi connectivity index (χ4n) is 2.51. The van der Waals surface area contributed by atoms with E-state index >= 15 is 0 Å². The average Bonchev–Trinajstić information content (AvgIpc) is 2.94. The molecule has 3 nitrogen and oxygen atoms in total. The molecule has 1 aliphatic heterocycles. The summed E-state index contributed by atoms with van der Waals surface area (Å²) in [6, 6.07) is 17.3. The average molecular weight is 266 g/mol. The van der Waals surface area contributed by atoms with Crippen LogP contribution in [0.5, 0.6) is 0 Å². The first-order valence-corrected chi connectivity index (χ1v) is 6.87. The van der Waals surface area contributed by atoms with Gasteiger partial charge in [0.05, 0.1) is 6.67 Å². The van der Waals surface area contributed by atoms with Gasteiger partial charge < -0.3 is 4.90 Å². The van der Waals surface area contributed by atoms with E-state index in [1.54, 1.807) is 0 Å². The molecule has 1 fully saturated rings. The Balaban J connectivity index is 1.78. The van der Waals surface area contributed by atoms with E-state index in [-0.39, 0.29) is 5.78 Å². The molecule has 0 bridgehead atoms. The maximum atomic E-state index is 12.3. The Morgan fingerprint density at radius 2 is 1.55 bits per heavy atom. The van der Waals surface area contributed by atoms with Gasteiger partial charge in [-0.3, -0.25) is 9.69 Å². The van der Waals surface area contributed by atoms with Crippen molar-refractivity contribution in [3.63, 3.8) is 0 Å².